The van der Waals surface area contributed by atoms with Gasteiger partial charge in [0.2, 0.25) is 5.91 Å². The van der Waals surface area contributed by atoms with Crippen LogP contribution in [0, 0.1) is 5.92 Å². The van der Waals surface area contributed by atoms with Crippen molar-refractivity contribution in [1.29, 1.82) is 0 Å². The molecule has 1 fully saturated rings. The number of benzene rings is 1. The van der Waals surface area contributed by atoms with Crippen LogP contribution < -0.4 is 5.32 Å². The summed E-state index contributed by atoms with van der Waals surface area (Å²) in [4.78, 5) is 23.0. The van der Waals surface area contributed by atoms with E-state index in [9.17, 15) is 9.59 Å². The van der Waals surface area contributed by atoms with Crippen molar-refractivity contribution in [3.05, 3.63) is 42.0 Å². The first kappa shape index (κ1) is 13.3. The summed E-state index contributed by atoms with van der Waals surface area (Å²) in [5.41, 5.74) is 0.197. The van der Waals surface area contributed by atoms with Crippen molar-refractivity contribution in [1.82, 2.24) is 5.32 Å². The smallest absolute Gasteiger partial charge is 0.332 e. The van der Waals surface area contributed by atoms with Crippen LogP contribution in [0.5, 0.6) is 0 Å². The van der Waals surface area contributed by atoms with Crippen molar-refractivity contribution in [2.24, 2.45) is 5.92 Å². The number of ether oxygens (including phenoxy) is 1. The molecule has 100 valence electrons. The fourth-order valence-electron chi connectivity index (χ4n) is 2.24. The molecule has 4 nitrogen and oxygen atoms in total. The average molecular weight is 259 g/mol. The molecule has 1 aliphatic rings. The highest BCUT2D eigenvalue weighted by Gasteiger charge is 2.60. The largest absolute Gasteiger partial charge is 0.467 e. The Bertz CT molecular complexity index is 509. The molecule has 2 rings (SSSR count). The van der Waals surface area contributed by atoms with Gasteiger partial charge in [0.15, 0.2) is 0 Å². The fraction of sp³-hybridized carbons (Fsp3) is 0.333. The van der Waals surface area contributed by atoms with Gasteiger partial charge in [-0.05, 0) is 12.0 Å². The van der Waals surface area contributed by atoms with Gasteiger partial charge < -0.3 is 10.1 Å². The molecule has 1 amide bonds. The predicted molar refractivity (Wildman–Crippen MR) is 72.1 cm³/mol. The van der Waals surface area contributed by atoms with Crippen molar-refractivity contribution in [3.8, 4) is 0 Å². The van der Waals surface area contributed by atoms with Gasteiger partial charge >= 0.3 is 5.97 Å². The van der Waals surface area contributed by atoms with Crippen LogP contribution in [0.15, 0.2) is 36.4 Å². The molecule has 0 radical (unpaired) electrons. The topological polar surface area (TPSA) is 55.4 Å². The second-order valence-corrected chi connectivity index (χ2v) is 4.72. The Morgan fingerprint density at radius 2 is 2.05 bits per heavy atom. The van der Waals surface area contributed by atoms with E-state index >= 15 is 0 Å². The maximum Gasteiger partial charge on any atom is 0.332 e. The average Bonchev–Trinajstić information content (AvgIpc) is 3.10. The maximum absolute atomic E-state index is 11.8. The van der Waals surface area contributed by atoms with Crippen molar-refractivity contribution < 1.29 is 14.3 Å². The molecule has 19 heavy (non-hydrogen) atoms. The zero-order valence-electron chi connectivity index (χ0n) is 11.1. The zero-order valence-corrected chi connectivity index (χ0v) is 11.1. The van der Waals surface area contributed by atoms with Crippen LogP contribution in [0.2, 0.25) is 0 Å². The number of hydrogen-bond donors (Lipinski definition) is 1. The Morgan fingerprint density at radius 1 is 1.37 bits per heavy atom. The van der Waals surface area contributed by atoms with Crippen LogP contribution >= 0.6 is 0 Å². The molecule has 1 aliphatic carbocycles. The minimum Gasteiger partial charge on any atom is -0.467 e. The lowest BCUT2D eigenvalue weighted by Crippen LogP contribution is -2.44. The number of rotatable bonds is 4. The highest BCUT2D eigenvalue weighted by Crippen LogP contribution is 2.45. The molecule has 4 heteroatoms. The number of carbonyl (C=O) groups excluding carboxylic acids is 2. The molecule has 1 aromatic carbocycles. The molecule has 0 saturated heterocycles. The van der Waals surface area contributed by atoms with Crippen molar-refractivity contribution in [2.75, 3.05) is 7.11 Å². The van der Waals surface area contributed by atoms with E-state index in [0.29, 0.717) is 6.42 Å². The Hall–Kier alpha value is -2.10. The first-order valence-electron chi connectivity index (χ1n) is 6.19. The van der Waals surface area contributed by atoms with Gasteiger partial charge in [0.25, 0.3) is 0 Å². The summed E-state index contributed by atoms with van der Waals surface area (Å²) < 4.78 is 4.77. The van der Waals surface area contributed by atoms with E-state index in [1.54, 1.807) is 0 Å². The third-order valence-electron chi connectivity index (χ3n) is 3.28. The monoisotopic (exact) mass is 259 g/mol. The number of carbonyl (C=O) groups is 2. The number of hydrogen-bond acceptors (Lipinski definition) is 3. The van der Waals surface area contributed by atoms with Crippen LogP contribution in [0.1, 0.15) is 18.9 Å². The molecule has 0 bridgehead atoms. The molecule has 2 unspecified atom stereocenters. The summed E-state index contributed by atoms with van der Waals surface area (Å²) in [6.45, 7) is 1.40. The zero-order chi connectivity index (χ0) is 13.9. The van der Waals surface area contributed by atoms with Crippen LogP contribution in [0.4, 0.5) is 0 Å². The van der Waals surface area contributed by atoms with Gasteiger partial charge in [-0.3, -0.25) is 4.79 Å². The summed E-state index contributed by atoms with van der Waals surface area (Å²) in [5, 5.41) is 2.70. The summed E-state index contributed by atoms with van der Waals surface area (Å²) in [5.74, 6) is -0.615. The molecule has 0 aromatic heterocycles. The Kier molecular flexibility index (Phi) is 3.69. The second kappa shape index (κ2) is 5.26. The van der Waals surface area contributed by atoms with Gasteiger partial charge in [-0.1, -0.05) is 42.5 Å². The standard InChI is InChI=1S/C15H17NO3/c1-11(17)16-15(14(18)19-2)10-13(15)9-8-12-6-4-3-5-7-12/h3-9,13H,10H2,1-2H3,(H,16,17)/b9-8+. The highest BCUT2D eigenvalue weighted by molar-refractivity contribution is 5.91. The van der Waals surface area contributed by atoms with Gasteiger partial charge in [-0.25, -0.2) is 4.79 Å². The van der Waals surface area contributed by atoms with E-state index in [2.05, 4.69) is 5.32 Å². The summed E-state index contributed by atoms with van der Waals surface area (Å²) >= 11 is 0. The lowest BCUT2D eigenvalue weighted by atomic mass is 10.1. The third-order valence-corrected chi connectivity index (χ3v) is 3.28. The van der Waals surface area contributed by atoms with Crippen LogP contribution in [-0.4, -0.2) is 24.5 Å². The molecule has 0 spiro atoms. The van der Waals surface area contributed by atoms with E-state index < -0.39 is 5.54 Å². The Labute approximate surface area is 112 Å². The lowest BCUT2D eigenvalue weighted by Gasteiger charge is -2.14. The van der Waals surface area contributed by atoms with E-state index in [1.807, 2.05) is 42.5 Å². The maximum atomic E-state index is 11.8. The van der Waals surface area contributed by atoms with Crippen LogP contribution in [-0.2, 0) is 14.3 Å². The Balaban J connectivity index is 2.09. The fourth-order valence-corrected chi connectivity index (χ4v) is 2.24. The molecular weight excluding hydrogens is 242 g/mol. The van der Waals surface area contributed by atoms with E-state index in [1.165, 1.54) is 14.0 Å². The number of nitrogens with one attached hydrogen (secondary N) is 1. The molecular formula is C15H17NO3. The Morgan fingerprint density at radius 3 is 2.63 bits per heavy atom. The van der Waals surface area contributed by atoms with Gasteiger partial charge in [0, 0.05) is 12.8 Å². The highest BCUT2D eigenvalue weighted by atomic mass is 16.5. The molecule has 1 aromatic rings. The quantitative estimate of drug-likeness (QED) is 0.838. The minimum absolute atomic E-state index is 0.0101. The SMILES string of the molecule is COC(=O)C1(NC(C)=O)CC1/C=C/c1ccccc1. The lowest BCUT2D eigenvalue weighted by molar-refractivity contribution is -0.146. The predicted octanol–water partition coefficient (Wildman–Crippen LogP) is 1.77. The van der Waals surface area contributed by atoms with Gasteiger partial charge in [-0.15, -0.1) is 0 Å². The number of amides is 1. The van der Waals surface area contributed by atoms with Crippen molar-refractivity contribution in [2.45, 2.75) is 18.9 Å². The normalized spacial score (nSPS) is 25.1. The van der Waals surface area contributed by atoms with E-state index in [-0.39, 0.29) is 17.8 Å². The summed E-state index contributed by atoms with van der Waals surface area (Å²) in [7, 11) is 1.34. The second-order valence-electron chi connectivity index (χ2n) is 4.72. The summed E-state index contributed by atoms with van der Waals surface area (Å²) in [6, 6.07) is 9.82. The molecule has 2 atom stereocenters. The number of methoxy groups -OCH3 is 1. The first-order chi connectivity index (χ1) is 9.08. The molecule has 0 aliphatic heterocycles. The summed E-state index contributed by atoms with van der Waals surface area (Å²) in [6.07, 6.45) is 4.49. The van der Waals surface area contributed by atoms with Gasteiger partial charge in [0.05, 0.1) is 7.11 Å². The minimum atomic E-state index is -0.869. The third kappa shape index (κ3) is 2.84. The molecule has 1 N–H and O–H groups in total. The van der Waals surface area contributed by atoms with Gasteiger partial charge in [0.1, 0.15) is 5.54 Å². The van der Waals surface area contributed by atoms with Gasteiger partial charge in [-0.2, -0.15) is 0 Å². The van der Waals surface area contributed by atoms with E-state index in [0.717, 1.165) is 5.56 Å². The van der Waals surface area contributed by atoms with E-state index in [4.69, 9.17) is 4.74 Å². The van der Waals surface area contributed by atoms with Crippen molar-refractivity contribution >= 4 is 18.0 Å². The van der Waals surface area contributed by atoms with Crippen LogP contribution in [0.3, 0.4) is 0 Å². The molecule has 1 saturated carbocycles. The first-order valence-corrected chi connectivity index (χ1v) is 6.19. The van der Waals surface area contributed by atoms with Crippen molar-refractivity contribution in [3.63, 3.8) is 0 Å². The van der Waals surface area contributed by atoms with Crippen LogP contribution in [0.25, 0.3) is 6.08 Å². The molecule has 0 heterocycles. The number of esters is 1.